The summed E-state index contributed by atoms with van der Waals surface area (Å²) in [5.41, 5.74) is 9.87. The first-order chi connectivity index (χ1) is 36.3. The van der Waals surface area contributed by atoms with Crippen LogP contribution in [0.1, 0.15) is 51.8 Å². The van der Waals surface area contributed by atoms with Crippen LogP contribution in [0.3, 0.4) is 0 Å². The van der Waals surface area contributed by atoms with Crippen LogP contribution in [0.5, 0.6) is 5.75 Å². The quantitative estimate of drug-likeness (QED) is 0.107. The zero-order valence-electron chi connectivity index (χ0n) is 41.4. The van der Waals surface area contributed by atoms with E-state index in [4.69, 9.17) is 0 Å². The molecule has 0 amide bonds. The lowest BCUT2D eigenvalue weighted by Gasteiger charge is -2.41. The number of rotatable bonds is 12. The van der Waals surface area contributed by atoms with Crippen molar-refractivity contribution < 1.29 is 15.3 Å². The van der Waals surface area contributed by atoms with Gasteiger partial charge in [0.05, 0.1) is 0 Å². The van der Waals surface area contributed by atoms with E-state index in [0.717, 1.165) is 89.2 Å². The number of phenols is 1. The number of aromatic hydroxyl groups is 1. The molecule has 0 aliphatic carbocycles. The monoisotopic (exact) mass is 959 g/mol. The molecule has 74 heavy (non-hydrogen) atoms. The van der Waals surface area contributed by atoms with Gasteiger partial charge in [-0.1, -0.05) is 218 Å². The summed E-state index contributed by atoms with van der Waals surface area (Å²) in [6.07, 6.45) is 1.52. The predicted octanol–water partition coefficient (Wildman–Crippen LogP) is 15.9. The lowest BCUT2D eigenvalue weighted by Crippen LogP contribution is -2.48. The van der Waals surface area contributed by atoms with Gasteiger partial charge in [0.2, 0.25) is 0 Å². The molecule has 0 radical (unpaired) electrons. The number of benzene rings is 11. The largest absolute Gasteiger partial charge is 0.507 e. The molecule has 11 aromatic rings. The highest BCUT2D eigenvalue weighted by Gasteiger charge is 2.47. The minimum Gasteiger partial charge on any atom is -0.507 e. The van der Waals surface area contributed by atoms with Crippen molar-refractivity contribution in [1.29, 1.82) is 0 Å². The fraction of sp³-hybridized carbons (Fsp3) is 0.114. The van der Waals surface area contributed by atoms with Gasteiger partial charge in [-0.05, 0) is 146 Å². The minimum atomic E-state index is -1.77. The first-order valence-electron chi connectivity index (χ1n) is 25.8. The molecule has 360 valence electrons. The number of nitrogens with zero attached hydrogens (tertiary/aromatic N) is 1. The summed E-state index contributed by atoms with van der Waals surface area (Å²) in [7, 11) is 0. The van der Waals surface area contributed by atoms with Crippen LogP contribution in [-0.4, -0.2) is 32.8 Å². The second-order valence-electron chi connectivity index (χ2n) is 20.0. The molecular formula is C70H57NO3. The summed E-state index contributed by atoms with van der Waals surface area (Å²) in [5.74, 6) is 0.0306. The Balaban J connectivity index is 1.07. The maximum atomic E-state index is 14.6. The van der Waals surface area contributed by atoms with E-state index in [1.807, 2.05) is 91.9 Å². The van der Waals surface area contributed by atoms with Gasteiger partial charge in [0.15, 0.2) is 0 Å². The third-order valence-electron chi connectivity index (χ3n) is 15.5. The zero-order chi connectivity index (χ0) is 50.2. The molecule has 1 atom stereocenters. The molecule has 12 rings (SSSR count). The third-order valence-corrected chi connectivity index (χ3v) is 15.5. The van der Waals surface area contributed by atoms with Crippen LogP contribution in [0.15, 0.2) is 255 Å². The molecule has 3 N–H and O–H groups in total. The molecule has 11 aromatic carbocycles. The molecular weight excluding hydrogens is 903 g/mol. The Kier molecular flexibility index (Phi) is 12.3. The number of fused-ring (bicyclic) bond motifs is 2. The van der Waals surface area contributed by atoms with Gasteiger partial charge in [-0.15, -0.1) is 0 Å². The van der Waals surface area contributed by atoms with Crippen LogP contribution in [0.4, 0.5) is 0 Å². The molecule has 0 bridgehead atoms. The van der Waals surface area contributed by atoms with Gasteiger partial charge in [-0.3, -0.25) is 4.90 Å². The second kappa shape index (κ2) is 19.6. The standard InChI is InChI=1S/C70H57NO3/c1-48-39-59(68(72)66(40-48)70(74,64-35-18-31-53-29-14-16-33-62(53)64)65-36-19-32-54-30-15-17-34-63(54)65)47-71-38-20-37-67(71)69(73,60-43-55(49-21-6-2-7-22-49)41-56(44-60)50-23-8-3-9-24-50)61-45-57(51-25-10-4-11-26-51)42-58(46-61)52-27-12-5-13-28-52/h2-19,21-36,39-46,67,72-74H,20,37-38,47H2,1H3/t67-/m0/s1. The normalized spacial score (nSPS) is 14.2. The Morgan fingerprint density at radius 2 is 0.811 bits per heavy atom. The first-order valence-corrected chi connectivity index (χ1v) is 25.8. The van der Waals surface area contributed by atoms with Crippen molar-refractivity contribution in [2.45, 2.75) is 43.6 Å². The Morgan fingerprint density at radius 1 is 0.419 bits per heavy atom. The molecule has 1 fully saturated rings. The fourth-order valence-corrected chi connectivity index (χ4v) is 11.9. The second-order valence-corrected chi connectivity index (χ2v) is 20.0. The predicted molar refractivity (Wildman–Crippen MR) is 304 cm³/mol. The van der Waals surface area contributed by atoms with E-state index < -0.39 is 17.2 Å². The van der Waals surface area contributed by atoms with E-state index in [1.54, 1.807) is 0 Å². The molecule has 4 heteroatoms. The Morgan fingerprint density at radius 3 is 1.24 bits per heavy atom. The number of hydrogen-bond acceptors (Lipinski definition) is 4. The minimum absolute atomic E-state index is 0.0306. The molecule has 1 aliphatic heterocycles. The summed E-state index contributed by atoms with van der Waals surface area (Å²) in [6.45, 7) is 3.04. The van der Waals surface area contributed by atoms with Crippen LogP contribution in [0.2, 0.25) is 0 Å². The van der Waals surface area contributed by atoms with Crippen molar-refractivity contribution in [1.82, 2.24) is 4.90 Å². The topological polar surface area (TPSA) is 63.9 Å². The summed E-state index contributed by atoms with van der Waals surface area (Å²) in [5, 5.41) is 45.5. The van der Waals surface area contributed by atoms with E-state index in [2.05, 4.69) is 175 Å². The van der Waals surface area contributed by atoms with E-state index in [9.17, 15) is 15.3 Å². The smallest absolute Gasteiger partial charge is 0.145 e. The van der Waals surface area contributed by atoms with Crippen molar-refractivity contribution in [2.75, 3.05) is 6.54 Å². The van der Waals surface area contributed by atoms with Crippen LogP contribution in [0.25, 0.3) is 66.1 Å². The highest BCUT2D eigenvalue weighted by atomic mass is 16.3. The lowest BCUT2D eigenvalue weighted by molar-refractivity contribution is -0.00666. The Bertz CT molecular complexity index is 3470. The van der Waals surface area contributed by atoms with Gasteiger partial charge in [0.25, 0.3) is 0 Å². The third kappa shape index (κ3) is 8.47. The number of hydrogen-bond donors (Lipinski definition) is 3. The lowest BCUT2D eigenvalue weighted by atomic mass is 9.75. The molecule has 4 nitrogen and oxygen atoms in total. The van der Waals surface area contributed by atoms with E-state index in [-0.39, 0.29) is 5.75 Å². The number of phenolic OH excluding ortho intramolecular Hbond substituents is 1. The maximum absolute atomic E-state index is 14.6. The highest BCUT2D eigenvalue weighted by Crippen LogP contribution is 2.50. The van der Waals surface area contributed by atoms with Gasteiger partial charge in [-0.25, -0.2) is 0 Å². The summed E-state index contributed by atoms with van der Waals surface area (Å²) in [6, 6.07) is 86.8. The van der Waals surface area contributed by atoms with Crippen molar-refractivity contribution in [2.24, 2.45) is 0 Å². The SMILES string of the molecule is Cc1cc(CN2CCC[C@H]2C(O)(c2cc(-c3ccccc3)cc(-c3ccccc3)c2)c2cc(-c3ccccc3)cc(-c3ccccc3)c2)c(O)c(C(O)(c2cccc3ccccc23)c2cccc3ccccc23)c1. The maximum Gasteiger partial charge on any atom is 0.145 e. The van der Waals surface area contributed by atoms with Gasteiger partial charge in [-0.2, -0.15) is 0 Å². The van der Waals surface area contributed by atoms with Crippen molar-refractivity contribution >= 4 is 21.5 Å². The summed E-state index contributed by atoms with van der Waals surface area (Å²) >= 11 is 0. The average molecular weight is 960 g/mol. The highest BCUT2D eigenvalue weighted by molar-refractivity contribution is 5.92. The molecule has 1 aliphatic rings. The Hall–Kier alpha value is -8.38. The first kappa shape index (κ1) is 46.7. The van der Waals surface area contributed by atoms with Crippen molar-refractivity contribution in [3.8, 4) is 50.3 Å². The van der Waals surface area contributed by atoms with Crippen LogP contribution in [-0.2, 0) is 17.7 Å². The Labute approximate surface area is 433 Å². The zero-order valence-corrected chi connectivity index (χ0v) is 41.4. The molecule has 0 unspecified atom stereocenters. The average Bonchev–Trinajstić information content (AvgIpc) is 3.94. The fourth-order valence-electron chi connectivity index (χ4n) is 11.9. The number of likely N-dealkylation sites (tertiary alicyclic amines) is 1. The molecule has 1 heterocycles. The molecule has 0 saturated carbocycles. The van der Waals surface area contributed by atoms with Gasteiger partial charge in [0, 0.05) is 34.8 Å². The number of aliphatic hydroxyl groups is 2. The van der Waals surface area contributed by atoms with Crippen LogP contribution in [0, 0.1) is 6.92 Å². The van der Waals surface area contributed by atoms with E-state index in [1.165, 1.54) is 0 Å². The van der Waals surface area contributed by atoms with Crippen LogP contribution < -0.4 is 0 Å². The van der Waals surface area contributed by atoms with Crippen molar-refractivity contribution in [3.05, 3.63) is 294 Å². The molecule has 0 aromatic heterocycles. The molecule has 1 saturated heterocycles. The number of aryl methyl sites for hydroxylation is 1. The summed E-state index contributed by atoms with van der Waals surface area (Å²) < 4.78 is 0. The van der Waals surface area contributed by atoms with Gasteiger partial charge < -0.3 is 15.3 Å². The van der Waals surface area contributed by atoms with Gasteiger partial charge in [0.1, 0.15) is 17.0 Å². The molecule has 0 spiro atoms. The van der Waals surface area contributed by atoms with Crippen molar-refractivity contribution in [3.63, 3.8) is 0 Å². The van der Waals surface area contributed by atoms with Crippen LogP contribution >= 0.6 is 0 Å². The van der Waals surface area contributed by atoms with Gasteiger partial charge >= 0.3 is 0 Å². The summed E-state index contributed by atoms with van der Waals surface area (Å²) in [4.78, 5) is 2.36. The van der Waals surface area contributed by atoms with E-state index >= 15 is 0 Å². The van der Waals surface area contributed by atoms with E-state index in [0.29, 0.717) is 41.8 Å².